The molecular weight excluding hydrogens is 845 g/mol. The van der Waals surface area contributed by atoms with E-state index in [1.807, 2.05) is 0 Å². The van der Waals surface area contributed by atoms with E-state index in [0.717, 1.165) is 29.9 Å². The predicted molar refractivity (Wildman–Crippen MR) is 296 cm³/mol. The molecule has 8 aromatic rings. The van der Waals surface area contributed by atoms with Gasteiger partial charge < -0.3 is 9.80 Å². The minimum absolute atomic E-state index is 0.111. The fourth-order valence-electron chi connectivity index (χ4n) is 14.4. The molecule has 0 amide bonds. The lowest BCUT2D eigenvalue weighted by molar-refractivity contribution is 0.100. The van der Waals surface area contributed by atoms with Gasteiger partial charge >= 0.3 is 0 Å². The first-order valence-corrected chi connectivity index (χ1v) is 26.4. The molecule has 350 valence electrons. The second-order valence-electron chi connectivity index (χ2n) is 22.9. The maximum Gasteiger partial charge on any atom is 0.0465 e. The Bertz CT molecular complexity index is 3110. The van der Waals surface area contributed by atoms with Crippen LogP contribution >= 0.6 is 0 Å². The van der Waals surface area contributed by atoms with Crippen molar-refractivity contribution in [2.75, 3.05) is 9.80 Å². The van der Waals surface area contributed by atoms with Crippen molar-refractivity contribution in [3.05, 3.63) is 228 Å². The van der Waals surface area contributed by atoms with Crippen LogP contribution in [0, 0.1) is 23.2 Å². The largest absolute Gasteiger partial charge is 0.311 e. The standard InChI is InChI=1S/C68H68N2/c1-66(2,3)64-26-15-16-43-68(64,51-31-37-56(38-32-51)69(53-20-11-7-12-21-53)55-35-29-49(30-36-55)61-45-47-27-28-50(61)44-47)52-33-39-57(40-34-52)70(54-22-13-8-14-23-54)58-41-42-60-63(46-58)67(4,5)62-25-17-24-59(65(60)62)48-18-9-6-10-19-48/h6-14,17-25,29-42,46-47,50,61,64H,15-16,26-28,43-45H2,1-5H3. The quantitative estimate of drug-likeness (QED) is 0.135. The predicted octanol–water partition coefficient (Wildman–Crippen LogP) is 19.0. The van der Waals surface area contributed by atoms with Gasteiger partial charge in [-0.3, -0.25) is 0 Å². The number of hydrogen-bond acceptors (Lipinski definition) is 2. The summed E-state index contributed by atoms with van der Waals surface area (Å²) in [7, 11) is 0. The molecule has 0 aliphatic heterocycles. The Morgan fingerprint density at radius 2 is 1.00 bits per heavy atom. The van der Waals surface area contributed by atoms with Gasteiger partial charge in [-0.2, -0.15) is 0 Å². The lowest BCUT2D eigenvalue weighted by atomic mass is 9.52. The van der Waals surface area contributed by atoms with E-state index in [1.165, 1.54) is 123 Å². The van der Waals surface area contributed by atoms with Crippen molar-refractivity contribution in [3.8, 4) is 22.3 Å². The molecule has 2 heteroatoms. The fraction of sp³-hybridized carbons (Fsp3) is 0.294. The Balaban J connectivity index is 0.918. The van der Waals surface area contributed by atoms with Crippen LogP contribution in [-0.4, -0.2) is 0 Å². The molecule has 0 radical (unpaired) electrons. The van der Waals surface area contributed by atoms with Crippen LogP contribution in [0.4, 0.5) is 34.1 Å². The van der Waals surface area contributed by atoms with Crippen molar-refractivity contribution in [1.29, 1.82) is 0 Å². The third-order valence-corrected chi connectivity index (χ3v) is 17.6. The summed E-state index contributed by atoms with van der Waals surface area (Å²) in [5.41, 5.74) is 19.4. The lowest BCUT2D eigenvalue weighted by Gasteiger charge is -2.51. The lowest BCUT2D eigenvalue weighted by Crippen LogP contribution is -2.45. The van der Waals surface area contributed by atoms with Gasteiger partial charge in [-0.05, 0) is 184 Å². The van der Waals surface area contributed by atoms with Crippen molar-refractivity contribution >= 4 is 34.1 Å². The van der Waals surface area contributed by atoms with Gasteiger partial charge in [0.15, 0.2) is 0 Å². The second kappa shape index (κ2) is 17.6. The highest BCUT2D eigenvalue weighted by molar-refractivity contribution is 5.94. The van der Waals surface area contributed by atoms with Crippen LogP contribution in [0.1, 0.15) is 120 Å². The Labute approximate surface area is 418 Å². The molecule has 4 aliphatic carbocycles. The van der Waals surface area contributed by atoms with Gasteiger partial charge in [-0.1, -0.05) is 181 Å². The number of nitrogens with zero attached hydrogens (tertiary/aromatic N) is 2. The molecule has 3 saturated carbocycles. The Morgan fingerprint density at radius 3 is 1.56 bits per heavy atom. The zero-order valence-electron chi connectivity index (χ0n) is 41.9. The molecule has 0 spiro atoms. The Hall–Kier alpha value is -6.64. The second-order valence-corrected chi connectivity index (χ2v) is 22.9. The summed E-state index contributed by atoms with van der Waals surface area (Å²) in [6.45, 7) is 12.2. The minimum Gasteiger partial charge on any atom is -0.311 e. The first-order chi connectivity index (χ1) is 34.1. The monoisotopic (exact) mass is 913 g/mol. The maximum absolute atomic E-state index is 2.48. The van der Waals surface area contributed by atoms with E-state index in [2.05, 4.69) is 245 Å². The number of rotatable bonds is 10. The number of anilines is 6. The van der Waals surface area contributed by atoms with Crippen LogP contribution in [0.3, 0.4) is 0 Å². The molecule has 0 N–H and O–H groups in total. The van der Waals surface area contributed by atoms with Crippen LogP contribution < -0.4 is 9.80 Å². The van der Waals surface area contributed by atoms with Gasteiger partial charge in [0.2, 0.25) is 0 Å². The molecule has 0 saturated heterocycles. The third kappa shape index (κ3) is 7.61. The smallest absolute Gasteiger partial charge is 0.0465 e. The zero-order chi connectivity index (χ0) is 47.6. The van der Waals surface area contributed by atoms with Gasteiger partial charge in [0.25, 0.3) is 0 Å². The molecule has 2 nitrogen and oxygen atoms in total. The molecule has 8 aromatic carbocycles. The third-order valence-electron chi connectivity index (χ3n) is 17.6. The van der Waals surface area contributed by atoms with Crippen LogP contribution in [0.25, 0.3) is 22.3 Å². The van der Waals surface area contributed by atoms with Crippen molar-refractivity contribution in [1.82, 2.24) is 0 Å². The molecule has 0 aromatic heterocycles. The molecule has 3 fully saturated rings. The molecule has 70 heavy (non-hydrogen) atoms. The number of hydrogen-bond donors (Lipinski definition) is 0. The highest BCUT2D eigenvalue weighted by Gasteiger charge is 2.48. The van der Waals surface area contributed by atoms with E-state index in [4.69, 9.17) is 0 Å². The van der Waals surface area contributed by atoms with Gasteiger partial charge in [0.05, 0.1) is 0 Å². The summed E-state index contributed by atoms with van der Waals surface area (Å²) >= 11 is 0. The normalized spacial score (nSPS) is 22.1. The summed E-state index contributed by atoms with van der Waals surface area (Å²) in [4.78, 5) is 4.92. The van der Waals surface area contributed by atoms with E-state index in [-0.39, 0.29) is 16.2 Å². The number of fused-ring (bicyclic) bond motifs is 5. The van der Waals surface area contributed by atoms with Gasteiger partial charge in [0, 0.05) is 45.0 Å². The maximum atomic E-state index is 2.48. The summed E-state index contributed by atoms with van der Waals surface area (Å²) in [5, 5.41) is 0. The summed E-state index contributed by atoms with van der Waals surface area (Å²) in [6, 6.07) is 76.1. The molecule has 12 rings (SSSR count). The molecule has 0 heterocycles. The van der Waals surface area contributed by atoms with Crippen molar-refractivity contribution < 1.29 is 0 Å². The first-order valence-electron chi connectivity index (χ1n) is 26.4. The molecule has 4 aliphatic rings. The Morgan fingerprint density at radius 1 is 0.457 bits per heavy atom. The van der Waals surface area contributed by atoms with Gasteiger partial charge in [-0.15, -0.1) is 0 Å². The molecule has 2 bridgehead atoms. The van der Waals surface area contributed by atoms with E-state index in [0.29, 0.717) is 5.92 Å². The van der Waals surface area contributed by atoms with E-state index in [9.17, 15) is 0 Å². The molecule has 5 atom stereocenters. The molecular formula is C68H68N2. The SMILES string of the molecule is CC1(C)c2cc(N(c3ccccc3)c3ccc(C4(c5ccc(N(c6ccccc6)c6ccc(C7CC8CCC7C8)cc6)cc5)CCCCC4C(C)(C)C)cc3)ccc2-c2c(-c3ccccc3)cccc21. The summed E-state index contributed by atoms with van der Waals surface area (Å²) in [5.74, 6) is 3.02. The van der Waals surface area contributed by atoms with Gasteiger partial charge in [-0.25, -0.2) is 0 Å². The fourth-order valence-corrected chi connectivity index (χ4v) is 14.4. The number of para-hydroxylation sites is 2. The molecule has 5 unspecified atom stereocenters. The van der Waals surface area contributed by atoms with Crippen LogP contribution in [-0.2, 0) is 10.8 Å². The van der Waals surface area contributed by atoms with Crippen molar-refractivity contribution in [3.63, 3.8) is 0 Å². The summed E-state index contributed by atoms with van der Waals surface area (Å²) in [6.07, 6.45) is 10.5. The topological polar surface area (TPSA) is 6.48 Å². The highest BCUT2D eigenvalue weighted by Crippen LogP contribution is 2.58. The number of benzene rings is 8. The summed E-state index contributed by atoms with van der Waals surface area (Å²) < 4.78 is 0. The average molecular weight is 913 g/mol. The van der Waals surface area contributed by atoms with Crippen molar-refractivity contribution in [2.45, 2.75) is 103 Å². The highest BCUT2D eigenvalue weighted by atomic mass is 15.1. The van der Waals surface area contributed by atoms with E-state index in [1.54, 1.807) is 0 Å². The minimum atomic E-state index is -0.153. The van der Waals surface area contributed by atoms with E-state index >= 15 is 0 Å². The zero-order valence-corrected chi connectivity index (χ0v) is 41.9. The van der Waals surface area contributed by atoms with Crippen LogP contribution in [0.2, 0.25) is 0 Å². The Kier molecular flexibility index (Phi) is 11.2. The first kappa shape index (κ1) is 44.6. The van der Waals surface area contributed by atoms with Crippen LogP contribution in [0.15, 0.2) is 200 Å². The van der Waals surface area contributed by atoms with Crippen LogP contribution in [0.5, 0.6) is 0 Å². The average Bonchev–Trinajstić information content (AvgIpc) is 4.10. The van der Waals surface area contributed by atoms with E-state index < -0.39 is 0 Å². The van der Waals surface area contributed by atoms with Crippen molar-refractivity contribution in [2.24, 2.45) is 23.2 Å². The van der Waals surface area contributed by atoms with Gasteiger partial charge in [0.1, 0.15) is 0 Å².